The van der Waals surface area contributed by atoms with Crippen molar-refractivity contribution in [3.05, 3.63) is 11.6 Å². The minimum absolute atomic E-state index is 0.0695. The van der Waals surface area contributed by atoms with Gasteiger partial charge in [-0.3, -0.25) is 0 Å². The van der Waals surface area contributed by atoms with Gasteiger partial charge in [0.15, 0.2) is 0 Å². The third-order valence-electron chi connectivity index (χ3n) is 7.87. The number of aliphatic hydroxyl groups excluding tert-OH is 1. The summed E-state index contributed by atoms with van der Waals surface area (Å²) in [5.74, 6) is 1.89. The average molecular weight is 304 g/mol. The van der Waals surface area contributed by atoms with Gasteiger partial charge in [0.2, 0.25) is 0 Å². The van der Waals surface area contributed by atoms with Crippen LogP contribution in [-0.4, -0.2) is 22.9 Å². The molecule has 4 rings (SSSR count). The van der Waals surface area contributed by atoms with Gasteiger partial charge in [-0.05, 0) is 62.2 Å². The van der Waals surface area contributed by atoms with Crippen LogP contribution in [0.2, 0.25) is 0 Å². The summed E-state index contributed by atoms with van der Waals surface area (Å²) in [6.07, 6.45) is 8.36. The number of hydrogen-bond acceptors (Lipinski definition) is 2. The van der Waals surface area contributed by atoms with E-state index in [1.807, 2.05) is 0 Å². The van der Waals surface area contributed by atoms with Gasteiger partial charge in [-0.15, -0.1) is 0 Å². The summed E-state index contributed by atoms with van der Waals surface area (Å²) in [6.45, 7) is 11.7. The van der Waals surface area contributed by atoms with Crippen LogP contribution in [0.4, 0.5) is 0 Å². The molecule has 0 aromatic rings. The van der Waals surface area contributed by atoms with Gasteiger partial charge >= 0.3 is 0 Å². The normalized spacial score (nSPS) is 56.8. The van der Waals surface area contributed by atoms with Gasteiger partial charge in [-0.1, -0.05) is 39.3 Å². The standard InChI is InChI=1S/C20H32O2/c1-12(2)13-6-8-19(4)15(21)10-18(3)11-16-20(5,22-16)9-7-14(18)17(13)19/h6,12,14-17,21H,7-11H2,1-5H3/t14-,15+,16-,17-,18-,19+,20+/m0/s1. The zero-order chi connectivity index (χ0) is 15.9. The molecule has 0 radical (unpaired) electrons. The topological polar surface area (TPSA) is 32.8 Å². The van der Waals surface area contributed by atoms with E-state index in [0.29, 0.717) is 23.9 Å². The molecule has 0 bridgehead atoms. The Morgan fingerprint density at radius 2 is 1.95 bits per heavy atom. The Balaban J connectivity index is 1.74. The van der Waals surface area contributed by atoms with Crippen molar-refractivity contribution in [3.8, 4) is 0 Å². The van der Waals surface area contributed by atoms with Crippen LogP contribution in [0.3, 0.4) is 0 Å². The van der Waals surface area contributed by atoms with Gasteiger partial charge in [0, 0.05) is 5.41 Å². The lowest BCUT2D eigenvalue weighted by Crippen LogP contribution is -2.53. The number of hydrogen-bond donors (Lipinski definition) is 1. The molecule has 124 valence electrons. The average Bonchev–Trinajstić information content (AvgIpc) is 2.89. The van der Waals surface area contributed by atoms with E-state index in [4.69, 9.17) is 4.74 Å². The molecule has 0 spiro atoms. The fourth-order valence-electron chi connectivity index (χ4n) is 6.21. The van der Waals surface area contributed by atoms with Crippen LogP contribution in [0.1, 0.15) is 66.7 Å². The summed E-state index contributed by atoms with van der Waals surface area (Å²) in [5.41, 5.74) is 2.07. The molecule has 0 aromatic heterocycles. The first-order chi connectivity index (χ1) is 10.2. The van der Waals surface area contributed by atoms with E-state index in [-0.39, 0.29) is 22.5 Å². The second kappa shape index (κ2) is 4.39. The Morgan fingerprint density at radius 3 is 2.64 bits per heavy atom. The molecule has 3 fully saturated rings. The summed E-state index contributed by atoms with van der Waals surface area (Å²) in [4.78, 5) is 0. The highest BCUT2D eigenvalue weighted by atomic mass is 16.6. The van der Waals surface area contributed by atoms with Crippen molar-refractivity contribution in [1.82, 2.24) is 0 Å². The third-order valence-corrected chi connectivity index (χ3v) is 7.87. The first kappa shape index (κ1) is 15.2. The Bertz CT molecular complexity index is 524. The van der Waals surface area contributed by atoms with Crippen LogP contribution >= 0.6 is 0 Å². The third kappa shape index (κ3) is 1.86. The van der Waals surface area contributed by atoms with Crippen LogP contribution in [-0.2, 0) is 4.74 Å². The Hall–Kier alpha value is -0.340. The second-order valence-corrected chi connectivity index (χ2v) is 9.69. The molecule has 1 saturated heterocycles. The number of epoxide rings is 1. The van der Waals surface area contributed by atoms with Crippen molar-refractivity contribution in [2.75, 3.05) is 0 Å². The summed E-state index contributed by atoms with van der Waals surface area (Å²) < 4.78 is 6.01. The second-order valence-electron chi connectivity index (χ2n) is 9.69. The van der Waals surface area contributed by atoms with Crippen LogP contribution < -0.4 is 0 Å². The van der Waals surface area contributed by atoms with Crippen LogP contribution in [0.15, 0.2) is 11.6 Å². The van der Waals surface area contributed by atoms with Gasteiger partial charge in [0.1, 0.15) is 0 Å². The highest BCUT2D eigenvalue weighted by Crippen LogP contribution is 2.66. The number of fused-ring (bicyclic) bond motifs is 4. The van der Waals surface area contributed by atoms with E-state index in [1.165, 1.54) is 12.8 Å². The van der Waals surface area contributed by atoms with E-state index in [9.17, 15) is 5.11 Å². The van der Waals surface area contributed by atoms with Gasteiger partial charge in [0.05, 0.1) is 17.8 Å². The summed E-state index contributed by atoms with van der Waals surface area (Å²) in [5, 5.41) is 11.0. The molecule has 22 heavy (non-hydrogen) atoms. The Labute approximate surface area is 135 Å². The fourth-order valence-corrected chi connectivity index (χ4v) is 6.21. The van der Waals surface area contributed by atoms with Crippen LogP contribution in [0.5, 0.6) is 0 Å². The van der Waals surface area contributed by atoms with E-state index in [1.54, 1.807) is 5.57 Å². The molecule has 1 aliphatic heterocycles. The molecule has 2 heteroatoms. The largest absolute Gasteiger partial charge is 0.393 e. The van der Waals surface area contributed by atoms with Gasteiger partial charge in [-0.2, -0.15) is 0 Å². The summed E-state index contributed by atoms with van der Waals surface area (Å²) in [6, 6.07) is 0. The zero-order valence-corrected chi connectivity index (χ0v) is 14.9. The zero-order valence-electron chi connectivity index (χ0n) is 14.9. The predicted molar refractivity (Wildman–Crippen MR) is 88.5 cm³/mol. The minimum Gasteiger partial charge on any atom is -0.393 e. The quantitative estimate of drug-likeness (QED) is 0.578. The number of allylic oxidation sites excluding steroid dienone is 2. The number of aliphatic hydroxyl groups is 1. The first-order valence-electron chi connectivity index (χ1n) is 9.25. The number of rotatable bonds is 1. The molecule has 1 N–H and O–H groups in total. The molecular formula is C20H32O2. The molecule has 0 amide bonds. The molecule has 2 nitrogen and oxygen atoms in total. The molecule has 7 atom stereocenters. The number of ether oxygens (including phenoxy) is 1. The summed E-state index contributed by atoms with van der Waals surface area (Å²) in [7, 11) is 0. The molecular weight excluding hydrogens is 272 g/mol. The Morgan fingerprint density at radius 1 is 1.23 bits per heavy atom. The minimum atomic E-state index is -0.172. The maximum atomic E-state index is 11.0. The van der Waals surface area contributed by atoms with E-state index in [2.05, 4.69) is 40.7 Å². The summed E-state index contributed by atoms with van der Waals surface area (Å²) >= 11 is 0. The maximum Gasteiger partial charge on any atom is 0.0920 e. The lowest BCUT2D eigenvalue weighted by Gasteiger charge is -2.56. The van der Waals surface area contributed by atoms with Crippen molar-refractivity contribution in [2.24, 2.45) is 28.6 Å². The molecule has 0 unspecified atom stereocenters. The highest BCUT2D eigenvalue weighted by molar-refractivity contribution is 5.28. The van der Waals surface area contributed by atoms with Gasteiger partial charge < -0.3 is 9.84 Å². The van der Waals surface area contributed by atoms with Crippen molar-refractivity contribution in [1.29, 1.82) is 0 Å². The SMILES string of the molecule is CC(C)C1=CC[C@]2(C)[C@H](O)C[C@@]3(C)C[C@@H]4O[C@]4(C)CC[C@H]3[C@H]12. The molecule has 1 heterocycles. The van der Waals surface area contributed by atoms with Crippen molar-refractivity contribution in [2.45, 2.75) is 84.5 Å². The van der Waals surface area contributed by atoms with Crippen molar-refractivity contribution in [3.63, 3.8) is 0 Å². The van der Waals surface area contributed by atoms with Crippen LogP contribution in [0, 0.1) is 28.6 Å². The fraction of sp³-hybridized carbons (Fsp3) is 0.900. The van der Waals surface area contributed by atoms with Crippen molar-refractivity contribution < 1.29 is 9.84 Å². The highest BCUT2D eigenvalue weighted by Gasteiger charge is 2.64. The lowest BCUT2D eigenvalue weighted by atomic mass is 9.50. The van der Waals surface area contributed by atoms with E-state index < -0.39 is 0 Å². The maximum absolute atomic E-state index is 11.0. The molecule has 2 saturated carbocycles. The Kier molecular flexibility index (Phi) is 3.03. The van der Waals surface area contributed by atoms with Gasteiger partial charge in [-0.25, -0.2) is 0 Å². The van der Waals surface area contributed by atoms with E-state index in [0.717, 1.165) is 19.3 Å². The molecule has 3 aliphatic carbocycles. The molecule has 0 aromatic carbocycles. The van der Waals surface area contributed by atoms with Crippen LogP contribution in [0.25, 0.3) is 0 Å². The van der Waals surface area contributed by atoms with Gasteiger partial charge in [0.25, 0.3) is 0 Å². The first-order valence-corrected chi connectivity index (χ1v) is 9.25. The monoisotopic (exact) mass is 304 g/mol. The smallest absolute Gasteiger partial charge is 0.0920 e. The molecule has 4 aliphatic rings. The van der Waals surface area contributed by atoms with Crippen molar-refractivity contribution >= 4 is 0 Å². The van der Waals surface area contributed by atoms with E-state index >= 15 is 0 Å². The predicted octanol–water partition coefficient (Wildman–Crippen LogP) is 4.32. The lowest BCUT2D eigenvalue weighted by molar-refractivity contribution is -0.116.